The number of nitrogens with one attached hydrogen (secondary N) is 1. The van der Waals surface area contributed by atoms with Crippen LogP contribution in [0.3, 0.4) is 0 Å². The van der Waals surface area contributed by atoms with E-state index in [0.717, 1.165) is 52.9 Å². The van der Waals surface area contributed by atoms with Crippen molar-refractivity contribution in [2.45, 2.75) is 84.6 Å². The van der Waals surface area contributed by atoms with Gasteiger partial charge in [-0.15, -0.1) is 5.10 Å². The second kappa shape index (κ2) is 14.1. The molecule has 2 aromatic carbocycles. The number of aromatic nitrogens is 6. The zero-order valence-corrected chi connectivity index (χ0v) is 25.4. The van der Waals surface area contributed by atoms with Gasteiger partial charge in [0.2, 0.25) is 0 Å². The number of imidazole rings is 1. The third-order valence-corrected chi connectivity index (χ3v) is 8.60. The summed E-state index contributed by atoms with van der Waals surface area (Å²) >= 11 is 0. The normalized spacial score (nSPS) is 14.3. The first-order valence-electron chi connectivity index (χ1n) is 15.3. The Morgan fingerprint density at radius 3 is 2.31 bits per heavy atom. The molecule has 1 aliphatic carbocycles. The quantitative estimate of drug-likeness (QED) is 0.186. The Balaban J connectivity index is 1.48. The fourth-order valence-electron chi connectivity index (χ4n) is 6.28. The first kappa shape index (κ1) is 29.9. The van der Waals surface area contributed by atoms with Crippen molar-refractivity contribution in [1.29, 1.82) is 0 Å². The average Bonchev–Trinajstić information content (AvgIpc) is 3.64. The van der Waals surface area contributed by atoms with Crippen molar-refractivity contribution in [2.24, 2.45) is 11.8 Å². The van der Waals surface area contributed by atoms with Gasteiger partial charge in [0, 0.05) is 32.0 Å². The number of hydrogen-bond acceptors (Lipinski definition) is 6. The van der Waals surface area contributed by atoms with Gasteiger partial charge in [-0.3, -0.25) is 9.13 Å². The number of tetrazole rings is 1. The molecule has 1 saturated carbocycles. The van der Waals surface area contributed by atoms with Gasteiger partial charge in [-0.25, -0.2) is 9.89 Å². The lowest BCUT2D eigenvalue weighted by atomic mass is 9.87. The summed E-state index contributed by atoms with van der Waals surface area (Å²) in [6.07, 6.45) is 8.62. The van der Waals surface area contributed by atoms with Crippen molar-refractivity contribution in [3.8, 4) is 22.5 Å². The van der Waals surface area contributed by atoms with Crippen LogP contribution in [0.2, 0.25) is 0 Å². The molecule has 2 aromatic heterocycles. The van der Waals surface area contributed by atoms with E-state index in [1.165, 1.54) is 32.1 Å². The topological polar surface area (TPSA) is 99.8 Å². The zero-order valence-electron chi connectivity index (χ0n) is 25.4. The fourth-order valence-corrected chi connectivity index (χ4v) is 6.28. The Morgan fingerprint density at radius 1 is 0.952 bits per heavy atom. The lowest BCUT2D eigenvalue weighted by Crippen LogP contribution is -2.27. The van der Waals surface area contributed by atoms with Crippen molar-refractivity contribution < 1.29 is 9.47 Å². The summed E-state index contributed by atoms with van der Waals surface area (Å²) in [6, 6.07) is 16.5. The maximum absolute atomic E-state index is 14.1. The molecule has 0 bridgehead atoms. The van der Waals surface area contributed by atoms with Crippen LogP contribution in [0.5, 0.6) is 0 Å². The molecule has 5 rings (SSSR count). The van der Waals surface area contributed by atoms with Gasteiger partial charge in [0.15, 0.2) is 12.1 Å². The van der Waals surface area contributed by atoms with Crippen LogP contribution in [-0.4, -0.2) is 44.0 Å². The van der Waals surface area contributed by atoms with E-state index in [1.54, 1.807) is 14.2 Å². The van der Waals surface area contributed by atoms with Gasteiger partial charge in [0.25, 0.3) is 0 Å². The van der Waals surface area contributed by atoms with E-state index in [2.05, 4.69) is 64.8 Å². The number of nitrogens with zero attached hydrogens (tertiary/aromatic N) is 5. The maximum Gasteiger partial charge on any atom is 0.329 e. The Morgan fingerprint density at radius 2 is 1.67 bits per heavy atom. The van der Waals surface area contributed by atoms with E-state index < -0.39 is 6.29 Å². The van der Waals surface area contributed by atoms with Crippen molar-refractivity contribution in [2.75, 3.05) is 14.2 Å². The molecule has 9 nitrogen and oxygen atoms in total. The predicted octanol–water partition coefficient (Wildman–Crippen LogP) is 6.40. The third kappa shape index (κ3) is 6.73. The molecule has 0 amide bonds. The molecule has 0 radical (unpaired) electrons. The lowest BCUT2D eigenvalue weighted by Gasteiger charge is -2.23. The number of benzene rings is 2. The molecule has 1 fully saturated rings. The van der Waals surface area contributed by atoms with E-state index in [9.17, 15) is 4.79 Å². The minimum Gasteiger partial charge on any atom is -0.350 e. The number of ether oxygens (including phenoxy) is 2. The SMILES string of the molecule is COC(OC)c1c(CCC(C)C)n(Cc2ccc(-c3ccccc3-c3nnn[nH]3)cc2)c(=O)n1CCC1CCCCC1. The molecule has 2 heterocycles. The van der Waals surface area contributed by atoms with Crippen molar-refractivity contribution in [1.82, 2.24) is 29.8 Å². The first-order chi connectivity index (χ1) is 20.5. The van der Waals surface area contributed by atoms with Gasteiger partial charge in [0.05, 0.1) is 12.2 Å². The highest BCUT2D eigenvalue weighted by atomic mass is 16.7. The van der Waals surface area contributed by atoms with Crippen LogP contribution in [0.25, 0.3) is 22.5 Å². The molecule has 9 heteroatoms. The zero-order chi connectivity index (χ0) is 29.5. The van der Waals surface area contributed by atoms with E-state index in [0.29, 0.717) is 30.7 Å². The van der Waals surface area contributed by atoms with Crippen molar-refractivity contribution in [3.63, 3.8) is 0 Å². The fraction of sp³-hybridized carbons (Fsp3) is 0.515. The second-order valence-electron chi connectivity index (χ2n) is 11.9. The number of rotatable bonds is 13. The summed E-state index contributed by atoms with van der Waals surface area (Å²) in [6.45, 7) is 5.62. The summed E-state index contributed by atoms with van der Waals surface area (Å²) in [5, 5.41) is 14.4. The summed E-state index contributed by atoms with van der Waals surface area (Å²) in [4.78, 5) is 14.1. The highest BCUT2D eigenvalue weighted by Crippen LogP contribution is 2.31. The summed E-state index contributed by atoms with van der Waals surface area (Å²) in [5.74, 6) is 1.81. The predicted molar refractivity (Wildman–Crippen MR) is 164 cm³/mol. The van der Waals surface area contributed by atoms with Crippen molar-refractivity contribution >= 4 is 0 Å². The molecule has 0 spiro atoms. The highest BCUT2D eigenvalue weighted by Gasteiger charge is 2.27. The number of H-pyrrole nitrogens is 1. The van der Waals surface area contributed by atoms with Gasteiger partial charge in [-0.2, -0.15) is 0 Å². The van der Waals surface area contributed by atoms with E-state index in [4.69, 9.17) is 9.47 Å². The molecule has 4 aromatic rings. The van der Waals surface area contributed by atoms with E-state index in [-0.39, 0.29) is 5.69 Å². The van der Waals surface area contributed by atoms with Gasteiger partial charge in [-0.05, 0) is 58.2 Å². The minimum absolute atomic E-state index is 0.0194. The van der Waals surface area contributed by atoms with E-state index >= 15 is 0 Å². The minimum atomic E-state index is -0.586. The van der Waals surface area contributed by atoms with Gasteiger partial charge < -0.3 is 9.47 Å². The molecule has 42 heavy (non-hydrogen) atoms. The van der Waals surface area contributed by atoms with Crippen LogP contribution in [0.4, 0.5) is 0 Å². The first-order valence-corrected chi connectivity index (χ1v) is 15.3. The van der Waals surface area contributed by atoms with Crippen LogP contribution in [0, 0.1) is 11.8 Å². The van der Waals surface area contributed by atoms with Crippen LogP contribution in [-0.2, 0) is 29.0 Å². The second-order valence-corrected chi connectivity index (χ2v) is 11.9. The standard InChI is InChI=1S/C33H44N6O3/c1-23(2)14-19-29-30(32(41-3)42-4)38(21-20-24-10-6-5-7-11-24)33(40)39(29)22-25-15-17-26(18-16-25)27-12-8-9-13-28(27)31-34-36-37-35-31/h8-9,12-13,15-18,23-24,32H,5-7,10-11,14,19-22H2,1-4H3,(H,34,35,36,37). The smallest absolute Gasteiger partial charge is 0.329 e. The summed E-state index contributed by atoms with van der Waals surface area (Å²) < 4.78 is 15.5. The molecule has 224 valence electrons. The Kier molecular flexibility index (Phi) is 10.0. The van der Waals surface area contributed by atoms with Gasteiger partial charge in [0.1, 0.15) is 0 Å². The molecular weight excluding hydrogens is 528 g/mol. The lowest BCUT2D eigenvalue weighted by molar-refractivity contribution is -0.111. The maximum atomic E-state index is 14.1. The number of methoxy groups -OCH3 is 2. The molecule has 0 unspecified atom stereocenters. The van der Waals surface area contributed by atoms with E-state index in [1.807, 2.05) is 27.3 Å². The molecule has 0 aliphatic heterocycles. The van der Waals surface area contributed by atoms with Crippen LogP contribution in [0.15, 0.2) is 53.3 Å². The van der Waals surface area contributed by atoms with Crippen LogP contribution < -0.4 is 5.69 Å². The van der Waals surface area contributed by atoms with Gasteiger partial charge >= 0.3 is 5.69 Å². The third-order valence-electron chi connectivity index (χ3n) is 8.60. The largest absolute Gasteiger partial charge is 0.350 e. The monoisotopic (exact) mass is 572 g/mol. The molecule has 0 saturated heterocycles. The highest BCUT2D eigenvalue weighted by molar-refractivity contribution is 5.80. The number of hydrogen-bond donors (Lipinski definition) is 1. The Bertz CT molecular complexity index is 1460. The Hall–Kier alpha value is -3.56. The van der Waals surface area contributed by atoms with Gasteiger partial charge in [-0.1, -0.05) is 94.5 Å². The number of aromatic amines is 1. The summed E-state index contributed by atoms with van der Waals surface area (Å²) in [7, 11) is 3.30. The molecule has 1 aliphatic rings. The Labute approximate surface area is 248 Å². The molecule has 1 N–H and O–H groups in total. The average molecular weight is 573 g/mol. The summed E-state index contributed by atoms with van der Waals surface area (Å²) in [5.41, 5.74) is 6.00. The molecular formula is C33H44N6O3. The molecule has 0 atom stereocenters. The van der Waals surface area contributed by atoms with Crippen molar-refractivity contribution in [3.05, 3.63) is 76.0 Å². The van der Waals surface area contributed by atoms with Crippen LogP contribution in [0.1, 0.15) is 82.0 Å². The van der Waals surface area contributed by atoms with Crippen LogP contribution >= 0.6 is 0 Å².